The first-order chi connectivity index (χ1) is 10.0. The number of aliphatic hydroxyl groups is 1. The molecule has 0 heterocycles. The maximum atomic E-state index is 10.3. The third kappa shape index (κ3) is 5.38. The van der Waals surface area contributed by atoms with Crippen molar-refractivity contribution < 1.29 is 9.84 Å². The molecule has 21 heavy (non-hydrogen) atoms. The fraction of sp³-hybridized carbons (Fsp3) is 0.294. The molecule has 0 saturated heterocycles. The molecule has 2 aromatic rings. The number of thioether (sulfide) groups is 1. The van der Waals surface area contributed by atoms with Gasteiger partial charge >= 0.3 is 0 Å². The van der Waals surface area contributed by atoms with Crippen molar-refractivity contribution in [3.63, 3.8) is 0 Å². The van der Waals surface area contributed by atoms with Gasteiger partial charge in [-0.05, 0) is 55.8 Å². The minimum Gasteiger partial charge on any atom is -0.491 e. The second kappa shape index (κ2) is 7.87. The summed E-state index contributed by atoms with van der Waals surface area (Å²) in [5, 5.41) is 10.3. The largest absolute Gasteiger partial charge is 0.491 e. The fourth-order valence-electron chi connectivity index (χ4n) is 1.87. The molecule has 0 aliphatic carbocycles. The predicted octanol–water partition coefficient (Wildman–Crippen LogP) is 5.06. The topological polar surface area (TPSA) is 29.5 Å². The van der Waals surface area contributed by atoms with Crippen molar-refractivity contribution in [3.05, 3.63) is 58.6 Å². The van der Waals surface area contributed by atoms with E-state index >= 15 is 0 Å². The molecular weight excluding hydrogens is 348 g/mol. The third-order valence-corrected chi connectivity index (χ3v) is 4.45. The van der Waals surface area contributed by atoms with Gasteiger partial charge in [-0.3, -0.25) is 0 Å². The van der Waals surface area contributed by atoms with Gasteiger partial charge < -0.3 is 9.84 Å². The van der Waals surface area contributed by atoms with Crippen molar-refractivity contribution >= 4 is 27.7 Å². The van der Waals surface area contributed by atoms with Crippen LogP contribution >= 0.6 is 27.7 Å². The highest BCUT2D eigenvalue weighted by Gasteiger charge is 2.10. The zero-order chi connectivity index (χ0) is 15.2. The van der Waals surface area contributed by atoms with E-state index in [2.05, 4.69) is 15.9 Å². The molecule has 2 aromatic carbocycles. The number of benzene rings is 2. The molecule has 0 fully saturated rings. The van der Waals surface area contributed by atoms with E-state index in [9.17, 15) is 5.11 Å². The molecular formula is C17H19BrO2S. The van der Waals surface area contributed by atoms with Gasteiger partial charge in [0.2, 0.25) is 0 Å². The number of hydrogen-bond donors (Lipinski definition) is 1. The molecule has 0 spiro atoms. The van der Waals surface area contributed by atoms with Crippen LogP contribution in [0.25, 0.3) is 0 Å². The van der Waals surface area contributed by atoms with Gasteiger partial charge in [0.25, 0.3) is 0 Å². The Morgan fingerprint density at radius 3 is 2.52 bits per heavy atom. The van der Waals surface area contributed by atoms with Crippen LogP contribution in [0, 0.1) is 0 Å². The molecule has 0 saturated carbocycles. The van der Waals surface area contributed by atoms with E-state index in [0.717, 1.165) is 20.7 Å². The van der Waals surface area contributed by atoms with Gasteiger partial charge in [-0.2, -0.15) is 0 Å². The Morgan fingerprint density at radius 2 is 1.86 bits per heavy atom. The third-order valence-electron chi connectivity index (χ3n) is 2.84. The summed E-state index contributed by atoms with van der Waals surface area (Å²) in [4.78, 5) is 1.15. The number of halogens is 1. The highest BCUT2D eigenvalue weighted by molar-refractivity contribution is 9.10. The number of ether oxygens (including phenoxy) is 1. The Morgan fingerprint density at radius 1 is 1.14 bits per heavy atom. The van der Waals surface area contributed by atoms with Crippen LogP contribution < -0.4 is 4.74 Å². The lowest BCUT2D eigenvalue weighted by molar-refractivity contribution is 0.201. The second-order valence-electron chi connectivity index (χ2n) is 5.02. The normalized spacial score (nSPS) is 12.4. The van der Waals surface area contributed by atoms with E-state index in [1.807, 2.05) is 62.4 Å². The summed E-state index contributed by atoms with van der Waals surface area (Å²) in [5.41, 5.74) is 0.887. The van der Waals surface area contributed by atoms with E-state index in [0.29, 0.717) is 5.75 Å². The molecule has 2 rings (SSSR count). The number of rotatable bonds is 6. The second-order valence-corrected chi connectivity index (χ2v) is 7.03. The lowest BCUT2D eigenvalue weighted by atomic mass is 10.1. The van der Waals surface area contributed by atoms with Gasteiger partial charge in [0.05, 0.1) is 12.2 Å². The highest BCUT2D eigenvalue weighted by Crippen LogP contribution is 2.27. The number of hydrogen-bond acceptors (Lipinski definition) is 3. The minimum atomic E-state index is -0.505. The van der Waals surface area contributed by atoms with Crippen LogP contribution in [0.5, 0.6) is 5.75 Å². The first kappa shape index (κ1) is 16.4. The van der Waals surface area contributed by atoms with Crippen LogP contribution in [0.4, 0.5) is 0 Å². The van der Waals surface area contributed by atoms with Crippen LogP contribution in [-0.4, -0.2) is 17.0 Å². The van der Waals surface area contributed by atoms with E-state index < -0.39 is 6.10 Å². The quantitative estimate of drug-likeness (QED) is 0.724. The standard InChI is InChI=1S/C17H19BrO2S/c1-12(2)20-15-5-3-4-13(10-15)17(19)11-21-16-8-6-14(18)7-9-16/h3-10,12,17,19H,11H2,1-2H3. The molecule has 0 aromatic heterocycles. The zero-order valence-electron chi connectivity index (χ0n) is 12.1. The molecule has 0 amide bonds. The average Bonchev–Trinajstić information content (AvgIpc) is 2.46. The molecule has 0 radical (unpaired) electrons. The van der Waals surface area contributed by atoms with Gasteiger partial charge in [0, 0.05) is 15.1 Å². The van der Waals surface area contributed by atoms with Gasteiger partial charge in [-0.25, -0.2) is 0 Å². The summed E-state index contributed by atoms with van der Waals surface area (Å²) in [7, 11) is 0. The zero-order valence-corrected chi connectivity index (χ0v) is 14.5. The van der Waals surface area contributed by atoms with Crippen molar-refractivity contribution in [2.45, 2.75) is 31.0 Å². The Bertz CT molecular complexity index is 569. The average molecular weight is 367 g/mol. The highest BCUT2D eigenvalue weighted by atomic mass is 79.9. The summed E-state index contributed by atoms with van der Waals surface area (Å²) in [6, 6.07) is 15.8. The van der Waals surface area contributed by atoms with Crippen molar-refractivity contribution in [1.82, 2.24) is 0 Å². The molecule has 1 atom stereocenters. The smallest absolute Gasteiger partial charge is 0.120 e. The summed E-state index contributed by atoms with van der Waals surface area (Å²) in [6.45, 7) is 3.99. The summed E-state index contributed by atoms with van der Waals surface area (Å²) < 4.78 is 6.72. The summed E-state index contributed by atoms with van der Waals surface area (Å²) >= 11 is 5.06. The van der Waals surface area contributed by atoms with Gasteiger partial charge in [0.1, 0.15) is 5.75 Å². The van der Waals surface area contributed by atoms with Crippen LogP contribution in [0.2, 0.25) is 0 Å². The van der Waals surface area contributed by atoms with Crippen LogP contribution in [0.1, 0.15) is 25.5 Å². The SMILES string of the molecule is CC(C)Oc1cccc(C(O)CSc2ccc(Br)cc2)c1. The molecule has 0 aliphatic rings. The van der Waals surface area contributed by atoms with E-state index in [1.165, 1.54) is 0 Å². The molecule has 1 N–H and O–H groups in total. The maximum absolute atomic E-state index is 10.3. The molecule has 4 heteroatoms. The van der Waals surface area contributed by atoms with E-state index in [4.69, 9.17) is 4.74 Å². The first-order valence-corrected chi connectivity index (χ1v) is 8.65. The lowest BCUT2D eigenvalue weighted by Gasteiger charge is -2.14. The van der Waals surface area contributed by atoms with Crippen LogP contribution in [-0.2, 0) is 0 Å². The van der Waals surface area contributed by atoms with Crippen molar-refractivity contribution in [2.24, 2.45) is 0 Å². The van der Waals surface area contributed by atoms with E-state index in [-0.39, 0.29) is 6.10 Å². The van der Waals surface area contributed by atoms with Crippen molar-refractivity contribution in [3.8, 4) is 5.75 Å². The molecule has 2 nitrogen and oxygen atoms in total. The van der Waals surface area contributed by atoms with Gasteiger partial charge in [-0.15, -0.1) is 11.8 Å². The first-order valence-electron chi connectivity index (χ1n) is 6.87. The van der Waals surface area contributed by atoms with Crippen molar-refractivity contribution in [2.75, 3.05) is 5.75 Å². The van der Waals surface area contributed by atoms with E-state index in [1.54, 1.807) is 11.8 Å². The number of aliphatic hydroxyl groups excluding tert-OH is 1. The van der Waals surface area contributed by atoms with Crippen LogP contribution in [0.3, 0.4) is 0 Å². The van der Waals surface area contributed by atoms with Crippen LogP contribution in [0.15, 0.2) is 57.9 Å². The maximum Gasteiger partial charge on any atom is 0.120 e. The lowest BCUT2D eigenvalue weighted by Crippen LogP contribution is -2.07. The Labute approximate surface area is 138 Å². The molecule has 0 aliphatic heterocycles. The molecule has 0 bridgehead atoms. The fourth-order valence-corrected chi connectivity index (χ4v) is 3.01. The summed E-state index contributed by atoms with van der Waals surface area (Å²) in [6.07, 6.45) is -0.371. The van der Waals surface area contributed by atoms with Crippen molar-refractivity contribution in [1.29, 1.82) is 0 Å². The summed E-state index contributed by atoms with van der Waals surface area (Å²) in [5.74, 6) is 1.42. The molecule has 1 unspecified atom stereocenters. The Kier molecular flexibility index (Phi) is 6.15. The monoisotopic (exact) mass is 366 g/mol. The Hall–Kier alpha value is -0.970. The molecule has 112 valence electrons. The van der Waals surface area contributed by atoms with Gasteiger partial charge in [-0.1, -0.05) is 28.1 Å². The Balaban J connectivity index is 1.96. The van der Waals surface area contributed by atoms with Gasteiger partial charge in [0.15, 0.2) is 0 Å². The predicted molar refractivity (Wildman–Crippen MR) is 92.0 cm³/mol. The minimum absolute atomic E-state index is 0.134.